The number of carboxylic acids is 1. The van der Waals surface area contributed by atoms with Crippen molar-refractivity contribution in [2.24, 2.45) is 0 Å². The zero-order chi connectivity index (χ0) is 15.6. The highest BCUT2D eigenvalue weighted by molar-refractivity contribution is 6.09. The van der Waals surface area contributed by atoms with Crippen molar-refractivity contribution in [2.75, 3.05) is 5.32 Å². The summed E-state index contributed by atoms with van der Waals surface area (Å²) in [5.41, 5.74) is -0.662. The highest BCUT2D eigenvalue weighted by Gasteiger charge is 2.18. The number of amides is 1. The maximum absolute atomic E-state index is 12.0. The predicted octanol–water partition coefficient (Wildman–Crippen LogP) is 1.75. The van der Waals surface area contributed by atoms with E-state index < -0.39 is 23.4 Å². The summed E-state index contributed by atoms with van der Waals surface area (Å²) < 4.78 is 0. The molecule has 0 aromatic heterocycles. The van der Waals surface area contributed by atoms with Crippen LogP contribution >= 0.6 is 0 Å². The van der Waals surface area contributed by atoms with Gasteiger partial charge >= 0.3 is 5.97 Å². The smallest absolute Gasteiger partial charge is 0.335 e. The van der Waals surface area contributed by atoms with Crippen LogP contribution in [0.5, 0.6) is 17.2 Å². The number of phenolic OH excluding ortho intramolecular Hbond substituents is 3. The molecule has 7 heteroatoms. The van der Waals surface area contributed by atoms with Crippen LogP contribution in [0.25, 0.3) is 0 Å². The van der Waals surface area contributed by atoms with Gasteiger partial charge in [-0.1, -0.05) is 6.07 Å². The third kappa shape index (κ3) is 2.86. The molecular weight excluding hydrogens is 278 g/mol. The highest BCUT2D eigenvalue weighted by atomic mass is 16.4. The normalized spacial score (nSPS) is 10.1. The number of phenols is 3. The molecule has 0 aliphatic rings. The molecule has 5 N–H and O–H groups in total. The first kappa shape index (κ1) is 14.2. The molecule has 1 amide bonds. The van der Waals surface area contributed by atoms with Crippen molar-refractivity contribution < 1.29 is 30.0 Å². The van der Waals surface area contributed by atoms with Gasteiger partial charge in [-0.05, 0) is 30.3 Å². The number of aromatic carboxylic acids is 1. The highest BCUT2D eigenvalue weighted by Crippen LogP contribution is 2.29. The molecule has 0 unspecified atom stereocenters. The van der Waals surface area contributed by atoms with Crippen molar-refractivity contribution in [1.82, 2.24) is 0 Å². The number of anilines is 1. The van der Waals surface area contributed by atoms with E-state index >= 15 is 0 Å². The van der Waals surface area contributed by atoms with Crippen LogP contribution in [0.1, 0.15) is 20.7 Å². The molecule has 0 aliphatic heterocycles. The van der Waals surface area contributed by atoms with Gasteiger partial charge in [0.15, 0.2) is 0 Å². The van der Waals surface area contributed by atoms with E-state index in [0.29, 0.717) is 0 Å². The van der Waals surface area contributed by atoms with Crippen LogP contribution in [0.3, 0.4) is 0 Å². The SMILES string of the molecule is O=C(O)c1ccc(O)c(NC(=O)c2c(O)cccc2O)c1. The number of aromatic hydroxyl groups is 3. The van der Waals surface area contributed by atoms with Gasteiger partial charge in [0.1, 0.15) is 22.8 Å². The molecule has 0 bridgehead atoms. The second-order valence-corrected chi connectivity index (χ2v) is 4.16. The van der Waals surface area contributed by atoms with Crippen molar-refractivity contribution >= 4 is 17.6 Å². The first-order valence-corrected chi connectivity index (χ1v) is 5.78. The lowest BCUT2D eigenvalue weighted by Crippen LogP contribution is -2.13. The summed E-state index contributed by atoms with van der Waals surface area (Å²) in [6.07, 6.45) is 0. The minimum atomic E-state index is -1.23. The summed E-state index contributed by atoms with van der Waals surface area (Å²) in [7, 11) is 0. The summed E-state index contributed by atoms with van der Waals surface area (Å²) in [5.74, 6) is -3.34. The van der Waals surface area contributed by atoms with Gasteiger partial charge in [-0.3, -0.25) is 4.79 Å². The van der Waals surface area contributed by atoms with Gasteiger partial charge in [0, 0.05) is 0 Å². The summed E-state index contributed by atoms with van der Waals surface area (Å²) in [4.78, 5) is 22.9. The minimum Gasteiger partial charge on any atom is -0.507 e. The number of hydrogen-bond donors (Lipinski definition) is 5. The Labute approximate surface area is 118 Å². The topological polar surface area (TPSA) is 127 Å². The molecule has 2 rings (SSSR count). The Balaban J connectivity index is 2.36. The van der Waals surface area contributed by atoms with E-state index in [2.05, 4.69) is 5.32 Å². The number of carboxylic acid groups (broad SMARTS) is 1. The summed E-state index contributed by atoms with van der Waals surface area (Å²) >= 11 is 0. The van der Waals surface area contributed by atoms with Gasteiger partial charge in [0.25, 0.3) is 5.91 Å². The molecule has 7 nitrogen and oxygen atoms in total. The second kappa shape index (κ2) is 5.41. The van der Waals surface area contributed by atoms with E-state index in [1.807, 2.05) is 0 Å². The summed E-state index contributed by atoms with van der Waals surface area (Å²) in [6, 6.07) is 7.12. The zero-order valence-electron chi connectivity index (χ0n) is 10.6. The number of carbonyl (C=O) groups excluding carboxylic acids is 1. The van der Waals surface area contributed by atoms with Gasteiger partial charge in [-0.25, -0.2) is 4.79 Å². The van der Waals surface area contributed by atoms with Gasteiger partial charge < -0.3 is 25.7 Å². The predicted molar refractivity (Wildman–Crippen MR) is 72.8 cm³/mol. The number of rotatable bonds is 3. The Morgan fingerprint density at radius 2 is 1.52 bits per heavy atom. The number of carbonyl (C=O) groups is 2. The molecule has 2 aromatic carbocycles. The van der Waals surface area contributed by atoms with E-state index in [-0.39, 0.29) is 22.6 Å². The molecule has 0 heterocycles. The van der Waals surface area contributed by atoms with Crippen LogP contribution in [0.4, 0.5) is 5.69 Å². The molecule has 0 spiro atoms. The average Bonchev–Trinajstić information content (AvgIpc) is 2.40. The third-order valence-corrected chi connectivity index (χ3v) is 2.74. The van der Waals surface area contributed by atoms with E-state index in [1.54, 1.807) is 0 Å². The van der Waals surface area contributed by atoms with Crippen LogP contribution < -0.4 is 5.32 Å². The Hall–Kier alpha value is -3.22. The summed E-state index contributed by atoms with van der Waals surface area (Å²) in [5, 5.41) is 39.9. The molecule has 108 valence electrons. The Kier molecular flexibility index (Phi) is 3.66. The standard InChI is InChI=1S/C14H11NO6/c16-9-5-4-7(14(20)21)6-8(9)15-13(19)12-10(17)2-1-3-11(12)18/h1-6,16-18H,(H,15,19)(H,20,21). The van der Waals surface area contributed by atoms with E-state index in [1.165, 1.54) is 24.3 Å². The fraction of sp³-hybridized carbons (Fsp3) is 0. The minimum absolute atomic E-state index is 0.135. The van der Waals surface area contributed by atoms with Crippen molar-refractivity contribution in [1.29, 1.82) is 0 Å². The van der Waals surface area contributed by atoms with Gasteiger partial charge in [0.05, 0.1) is 11.3 Å². The van der Waals surface area contributed by atoms with E-state index in [0.717, 1.165) is 12.1 Å². The van der Waals surface area contributed by atoms with Crippen molar-refractivity contribution in [3.8, 4) is 17.2 Å². The van der Waals surface area contributed by atoms with Crippen molar-refractivity contribution in [3.63, 3.8) is 0 Å². The van der Waals surface area contributed by atoms with E-state index in [9.17, 15) is 24.9 Å². The fourth-order valence-corrected chi connectivity index (χ4v) is 1.71. The fourth-order valence-electron chi connectivity index (χ4n) is 1.71. The molecule has 0 saturated heterocycles. The zero-order valence-corrected chi connectivity index (χ0v) is 10.6. The third-order valence-electron chi connectivity index (χ3n) is 2.74. The molecule has 0 fully saturated rings. The quantitative estimate of drug-likeness (QED) is 0.548. The molecule has 2 aromatic rings. The monoisotopic (exact) mass is 289 g/mol. The molecule has 0 aliphatic carbocycles. The maximum atomic E-state index is 12.0. The average molecular weight is 289 g/mol. The number of benzene rings is 2. The van der Waals surface area contributed by atoms with Gasteiger partial charge in [0.2, 0.25) is 0 Å². The van der Waals surface area contributed by atoms with Crippen molar-refractivity contribution in [3.05, 3.63) is 47.5 Å². The van der Waals surface area contributed by atoms with Crippen LogP contribution in [0, 0.1) is 0 Å². The van der Waals surface area contributed by atoms with Gasteiger partial charge in [-0.2, -0.15) is 0 Å². The maximum Gasteiger partial charge on any atom is 0.335 e. The van der Waals surface area contributed by atoms with Crippen LogP contribution in [-0.4, -0.2) is 32.3 Å². The molecular formula is C14H11NO6. The largest absolute Gasteiger partial charge is 0.507 e. The Morgan fingerprint density at radius 1 is 0.905 bits per heavy atom. The van der Waals surface area contributed by atoms with Crippen LogP contribution in [0.15, 0.2) is 36.4 Å². The number of nitrogens with one attached hydrogen (secondary N) is 1. The Morgan fingerprint density at radius 3 is 2.10 bits per heavy atom. The molecule has 0 saturated carbocycles. The number of hydrogen-bond acceptors (Lipinski definition) is 5. The molecule has 21 heavy (non-hydrogen) atoms. The van der Waals surface area contributed by atoms with Crippen LogP contribution in [0.2, 0.25) is 0 Å². The van der Waals surface area contributed by atoms with Crippen LogP contribution in [-0.2, 0) is 0 Å². The van der Waals surface area contributed by atoms with Gasteiger partial charge in [-0.15, -0.1) is 0 Å². The first-order valence-electron chi connectivity index (χ1n) is 5.78. The Bertz CT molecular complexity index is 705. The first-order chi connectivity index (χ1) is 9.90. The lowest BCUT2D eigenvalue weighted by molar-refractivity contribution is 0.0696. The lowest BCUT2D eigenvalue weighted by Gasteiger charge is -2.10. The molecule has 0 radical (unpaired) electrons. The van der Waals surface area contributed by atoms with Crippen molar-refractivity contribution in [2.45, 2.75) is 0 Å². The van der Waals surface area contributed by atoms with E-state index in [4.69, 9.17) is 5.11 Å². The summed E-state index contributed by atoms with van der Waals surface area (Å²) in [6.45, 7) is 0. The molecule has 0 atom stereocenters. The lowest BCUT2D eigenvalue weighted by atomic mass is 10.1. The second-order valence-electron chi connectivity index (χ2n) is 4.16.